The average Bonchev–Trinajstić information content (AvgIpc) is 2.77. The molecule has 1 aromatic heterocycles. The van der Waals surface area contributed by atoms with Gasteiger partial charge in [-0.1, -0.05) is 25.4 Å². The summed E-state index contributed by atoms with van der Waals surface area (Å²) in [5.41, 5.74) is 3.33. The molecule has 1 fully saturated rings. The molecule has 8 heteroatoms. The molecule has 1 aliphatic heterocycles. The van der Waals surface area contributed by atoms with Gasteiger partial charge in [0.05, 0.1) is 12.2 Å². The molecule has 0 atom stereocenters. The number of benzene rings is 1. The molecule has 2 aromatic rings. The molecule has 1 amide bonds. The first-order valence-electron chi connectivity index (χ1n) is 9.88. The Balaban J connectivity index is 1.58. The minimum atomic E-state index is -0.0101. The van der Waals surface area contributed by atoms with Crippen molar-refractivity contribution in [2.24, 2.45) is 0 Å². The van der Waals surface area contributed by atoms with E-state index < -0.39 is 0 Å². The van der Waals surface area contributed by atoms with Crippen LogP contribution < -0.4 is 10.2 Å². The number of carbonyl (C=O) groups excluding carboxylic acids is 1. The number of nitrogens with zero attached hydrogens (tertiary/aromatic N) is 5. The fourth-order valence-corrected chi connectivity index (χ4v) is 3.68. The summed E-state index contributed by atoms with van der Waals surface area (Å²) in [5, 5.41) is 21.6. The van der Waals surface area contributed by atoms with Gasteiger partial charge in [0.15, 0.2) is 5.82 Å². The van der Waals surface area contributed by atoms with Gasteiger partial charge < -0.3 is 15.1 Å². The van der Waals surface area contributed by atoms with Crippen molar-refractivity contribution in [3.63, 3.8) is 0 Å². The van der Waals surface area contributed by atoms with Gasteiger partial charge in [-0.25, -0.2) is 0 Å². The van der Waals surface area contributed by atoms with Gasteiger partial charge in [0, 0.05) is 36.9 Å². The summed E-state index contributed by atoms with van der Waals surface area (Å²) in [6, 6.07) is 9.96. The summed E-state index contributed by atoms with van der Waals surface area (Å²) in [6.45, 7) is 6.91. The first kappa shape index (κ1) is 20.9. The molecule has 2 heterocycles. The van der Waals surface area contributed by atoms with Crippen molar-refractivity contribution in [2.45, 2.75) is 26.7 Å². The molecular weight excluding hydrogens is 388 g/mol. The van der Waals surface area contributed by atoms with Gasteiger partial charge in [-0.05, 0) is 42.7 Å². The minimum Gasteiger partial charge on any atom is -0.368 e. The molecule has 0 unspecified atom stereocenters. The minimum absolute atomic E-state index is 0.0101. The van der Waals surface area contributed by atoms with Gasteiger partial charge >= 0.3 is 0 Å². The van der Waals surface area contributed by atoms with E-state index in [4.69, 9.17) is 11.6 Å². The van der Waals surface area contributed by atoms with E-state index in [1.54, 1.807) is 0 Å². The average molecular weight is 413 g/mol. The zero-order valence-electron chi connectivity index (χ0n) is 16.8. The number of aryl methyl sites for hydroxylation is 1. The smallest absolute Gasteiger partial charge is 0.242 e. The van der Waals surface area contributed by atoms with Gasteiger partial charge in [0.2, 0.25) is 5.91 Å². The van der Waals surface area contributed by atoms with Gasteiger partial charge in [-0.2, -0.15) is 10.4 Å². The lowest BCUT2D eigenvalue weighted by molar-refractivity contribution is -0.129. The van der Waals surface area contributed by atoms with Crippen molar-refractivity contribution in [1.29, 1.82) is 5.26 Å². The lowest BCUT2D eigenvalue weighted by Crippen LogP contribution is -2.50. The van der Waals surface area contributed by atoms with Crippen LogP contribution in [0.4, 0.5) is 11.5 Å². The van der Waals surface area contributed by atoms with Gasteiger partial charge in [-0.15, -0.1) is 5.10 Å². The topological polar surface area (TPSA) is 85.2 Å². The molecule has 1 aliphatic rings. The molecular formula is C21H25ClN6O. The Bertz CT molecular complexity index is 901. The van der Waals surface area contributed by atoms with E-state index in [0.29, 0.717) is 35.9 Å². The van der Waals surface area contributed by atoms with Gasteiger partial charge in [0.25, 0.3) is 0 Å². The molecule has 1 N–H and O–H groups in total. The summed E-state index contributed by atoms with van der Waals surface area (Å²) in [6.07, 6.45) is 1.43. The summed E-state index contributed by atoms with van der Waals surface area (Å²) in [5.74, 6) is 0.374. The molecule has 29 heavy (non-hydrogen) atoms. The Morgan fingerprint density at radius 1 is 1.14 bits per heavy atom. The van der Waals surface area contributed by atoms with E-state index in [-0.39, 0.29) is 12.5 Å². The van der Waals surface area contributed by atoms with Gasteiger partial charge in [0.1, 0.15) is 11.6 Å². The number of amides is 1. The molecule has 0 spiro atoms. The third-order valence-electron chi connectivity index (χ3n) is 5.19. The quantitative estimate of drug-likeness (QED) is 0.785. The van der Waals surface area contributed by atoms with Crippen molar-refractivity contribution in [1.82, 2.24) is 15.1 Å². The van der Waals surface area contributed by atoms with E-state index in [0.717, 1.165) is 36.5 Å². The van der Waals surface area contributed by atoms with Crippen molar-refractivity contribution in [2.75, 3.05) is 42.9 Å². The number of hydrogen-bond donors (Lipinski definition) is 1. The maximum atomic E-state index is 12.6. The fourth-order valence-electron chi connectivity index (χ4n) is 3.55. The SMILES string of the molecule is CCc1nnc(NCC(=O)N2CCN(c3ccc(Cl)cc3)CC2)c(C#N)c1CC. The number of anilines is 2. The summed E-state index contributed by atoms with van der Waals surface area (Å²) in [4.78, 5) is 16.7. The Morgan fingerprint density at radius 2 is 1.83 bits per heavy atom. The van der Waals surface area contributed by atoms with Crippen molar-refractivity contribution in [3.8, 4) is 6.07 Å². The van der Waals surface area contributed by atoms with Crippen molar-refractivity contribution < 1.29 is 4.79 Å². The van der Waals surface area contributed by atoms with Crippen LogP contribution in [0, 0.1) is 11.3 Å². The summed E-state index contributed by atoms with van der Waals surface area (Å²) >= 11 is 5.95. The first-order chi connectivity index (χ1) is 14.1. The lowest BCUT2D eigenvalue weighted by atomic mass is 10.0. The van der Waals surface area contributed by atoms with Crippen LogP contribution in [0.15, 0.2) is 24.3 Å². The molecule has 0 saturated carbocycles. The second-order valence-electron chi connectivity index (χ2n) is 6.87. The van der Waals surface area contributed by atoms with Crippen LogP contribution in [0.1, 0.15) is 30.7 Å². The predicted octanol–water partition coefficient (Wildman–Crippen LogP) is 2.89. The Morgan fingerprint density at radius 3 is 2.41 bits per heavy atom. The Labute approximate surface area is 176 Å². The standard InChI is InChI=1S/C21H25ClN6O/c1-3-17-18(13-23)21(26-25-19(17)4-2)24-14-20(29)28-11-9-27(10-12-28)16-7-5-15(22)6-8-16/h5-8H,3-4,9-12,14H2,1-2H3,(H,24,26). The second-order valence-corrected chi connectivity index (χ2v) is 7.30. The van der Waals surface area contributed by atoms with Crippen molar-refractivity contribution >= 4 is 29.0 Å². The molecule has 1 saturated heterocycles. The van der Waals surface area contributed by atoms with Crippen LogP contribution >= 0.6 is 11.6 Å². The number of piperazine rings is 1. The number of aromatic nitrogens is 2. The van der Waals surface area contributed by atoms with Crippen LogP contribution in [0.25, 0.3) is 0 Å². The summed E-state index contributed by atoms with van der Waals surface area (Å²) < 4.78 is 0. The highest BCUT2D eigenvalue weighted by Gasteiger charge is 2.22. The molecule has 0 radical (unpaired) electrons. The van der Waals surface area contributed by atoms with Crippen LogP contribution in [-0.4, -0.2) is 53.7 Å². The number of halogens is 1. The van der Waals surface area contributed by atoms with Crippen LogP contribution in [0.5, 0.6) is 0 Å². The zero-order chi connectivity index (χ0) is 20.8. The third kappa shape index (κ3) is 4.77. The second kappa shape index (κ2) is 9.57. The number of rotatable bonds is 6. The third-order valence-corrected chi connectivity index (χ3v) is 5.44. The fraction of sp³-hybridized carbons (Fsp3) is 0.429. The highest BCUT2D eigenvalue weighted by atomic mass is 35.5. The van der Waals surface area contributed by atoms with Crippen molar-refractivity contribution in [3.05, 3.63) is 46.1 Å². The maximum absolute atomic E-state index is 12.6. The Kier molecular flexibility index (Phi) is 6.89. The normalized spacial score (nSPS) is 13.9. The maximum Gasteiger partial charge on any atom is 0.242 e. The highest BCUT2D eigenvalue weighted by molar-refractivity contribution is 6.30. The molecule has 0 bridgehead atoms. The molecule has 3 rings (SSSR count). The number of hydrogen-bond acceptors (Lipinski definition) is 6. The number of nitriles is 1. The van der Waals surface area contributed by atoms with E-state index in [1.807, 2.05) is 43.0 Å². The van der Waals surface area contributed by atoms with E-state index in [2.05, 4.69) is 26.5 Å². The largest absolute Gasteiger partial charge is 0.368 e. The monoisotopic (exact) mass is 412 g/mol. The highest BCUT2D eigenvalue weighted by Crippen LogP contribution is 2.21. The van der Waals surface area contributed by atoms with Crippen LogP contribution in [-0.2, 0) is 17.6 Å². The number of nitrogens with one attached hydrogen (secondary N) is 1. The molecule has 1 aromatic carbocycles. The zero-order valence-corrected chi connectivity index (χ0v) is 17.5. The van der Waals surface area contributed by atoms with Crippen LogP contribution in [0.3, 0.4) is 0 Å². The van der Waals surface area contributed by atoms with E-state index >= 15 is 0 Å². The van der Waals surface area contributed by atoms with Gasteiger partial charge in [-0.3, -0.25) is 4.79 Å². The lowest BCUT2D eigenvalue weighted by Gasteiger charge is -2.36. The predicted molar refractivity (Wildman–Crippen MR) is 114 cm³/mol. The Hall–Kier alpha value is -2.85. The van der Waals surface area contributed by atoms with Crippen LogP contribution in [0.2, 0.25) is 5.02 Å². The molecule has 0 aliphatic carbocycles. The first-order valence-corrected chi connectivity index (χ1v) is 10.3. The molecule has 152 valence electrons. The van der Waals surface area contributed by atoms with E-state index in [9.17, 15) is 10.1 Å². The van der Waals surface area contributed by atoms with E-state index in [1.165, 1.54) is 0 Å². The molecule has 7 nitrogen and oxygen atoms in total. The summed E-state index contributed by atoms with van der Waals surface area (Å²) in [7, 11) is 0. The number of carbonyl (C=O) groups is 1.